The molecule has 0 unspecified atom stereocenters. The van der Waals surface area contributed by atoms with Crippen molar-refractivity contribution in [2.45, 2.75) is 6.42 Å². The summed E-state index contributed by atoms with van der Waals surface area (Å²) in [7, 11) is 0. The fourth-order valence-electron chi connectivity index (χ4n) is 1.32. The molecule has 1 aliphatic rings. The minimum atomic E-state index is 0.868. The van der Waals surface area contributed by atoms with Crippen molar-refractivity contribution >= 4 is 29.0 Å². The molecular formula is C9H10ClNS. The van der Waals surface area contributed by atoms with Crippen molar-refractivity contribution in [1.29, 1.82) is 0 Å². The van der Waals surface area contributed by atoms with Crippen molar-refractivity contribution in [3.63, 3.8) is 0 Å². The zero-order chi connectivity index (χ0) is 8.39. The van der Waals surface area contributed by atoms with Crippen LogP contribution in [0.2, 0.25) is 4.34 Å². The molecule has 2 rings (SSSR count). The highest BCUT2D eigenvalue weighted by molar-refractivity contribution is 7.17. The van der Waals surface area contributed by atoms with Gasteiger partial charge in [-0.15, -0.1) is 11.3 Å². The molecule has 1 aromatic heterocycles. The molecule has 0 aromatic carbocycles. The fraction of sp³-hybridized carbons (Fsp3) is 0.333. The third-order valence-electron chi connectivity index (χ3n) is 1.92. The van der Waals surface area contributed by atoms with E-state index < -0.39 is 0 Å². The summed E-state index contributed by atoms with van der Waals surface area (Å²) < 4.78 is 0.868. The molecule has 0 spiro atoms. The molecule has 12 heavy (non-hydrogen) atoms. The van der Waals surface area contributed by atoms with Gasteiger partial charge in [-0.3, -0.25) is 0 Å². The van der Waals surface area contributed by atoms with Gasteiger partial charge >= 0.3 is 0 Å². The van der Waals surface area contributed by atoms with E-state index in [0.29, 0.717) is 0 Å². The van der Waals surface area contributed by atoms with E-state index in [-0.39, 0.29) is 0 Å². The van der Waals surface area contributed by atoms with E-state index >= 15 is 0 Å². The summed E-state index contributed by atoms with van der Waals surface area (Å²) in [5.74, 6) is 0. The monoisotopic (exact) mass is 199 g/mol. The number of nitrogens with one attached hydrogen (secondary N) is 1. The van der Waals surface area contributed by atoms with E-state index in [1.165, 1.54) is 16.9 Å². The molecule has 3 heteroatoms. The van der Waals surface area contributed by atoms with E-state index in [0.717, 1.165) is 17.4 Å². The fourth-order valence-corrected chi connectivity index (χ4v) is 2.37. The molecule has 1 aliphatic heterocycles. The summed E-state index contributed by atoms with van der Waals surface area (Å²) in [5, 5.41) is 3.30. The van der Waals surface area contributed by atoms with Gasteiger partial charge in [0.15, 0.2) is 0 Å². The molecule has 1 N–H and O–H groups in total. The smallest absolute Gasteiger partial charge is 0.0934 e. The lowest BCUT2D eigenvalue weighted by atomic mass is 10.2. The van der Waals surface area contributed by atoms with Gasteiger partial charge in [0.1, 0.15) is 0 Å². The third kappa shape index (κ3) is 1.89. The van der Waals surface area contributed by atoms with Crippen molar-refractivity contribution in [2.75, 3.05) is 13.1 Å². The standard InChI is InChI=1S/C9H10ClNS/c10-9-2-1-8(12-9)5-7-3-4-11-6-7/h1-2,5,11H,3-4,6H2. The van der Waals surface area contributed by atoms with Crippen LogP contribution < -0.4 is 5.32 Å². The summed E-state index contributed by atoms with van der Waals surface area (Å²) >= 11 is 7.46. The van der Waals surface area contributed by atoms with E-state index in [9.17, 15) is 0 Å². The molecule has 1 nitrogen and oxygen atoms in total. The van der Waals surface area contributed by atoms with Gasteiger partial charge in [0.2, 0.25) is 0 Å². The zero-order valence-electron chi connectivity index (χ0n) is 6.64. The summed E-state index contributed by atoms with van der Waals surface area (Å²) in [5.41, 5.74) is 1.48. The van der Waals surface area contributed by atoms with Gasteiger partial charge in [-0.05, 0) is 31.2 Å². The maximum atomic E-state index is 5.82. The SMILES string of the molecule is Clc1ccc(C=C2CCNC2)s1. The Labute approximate surface area is 81.1 Å². The molecule has 64 valence electrons. The van der Waals surface area contributed by atoms with Crippen LogP contribution in [0.25, 0.3) is 6.08 Å². The van der Waals surface area contributed by atoms with Gasteiger partial charge in [-0.25, -0.2) is 0 Å². The van der Waals surface area contributed by atoms with Crippen LogP contribution in [-0.2, 0) is 0 Å². The quantitative estimate of drug-likeness (QED) is 0.734. The highest BCUT2D eigenvalue weighted by Gasteiger charge is 2.05. The lowest BCUT2D eigenvalue weighted by molar-refractivity contribution is 0.862. The first kappa shape index (κ1) is 8.30. The van der Waals surface area contributed by atoms with Gasteiger partial charge in [-0.2, -0.15) is 0 Å². The van der Waals surface area contributed by atoms with Crippen LogP contribution in [0.5, 0.6) is 0 Å². The lowest BCUT2D eigenvalue weighted by Crippen LogP contribution is -2.04. The van der Waals surface area contributed by atoms with Crippen LogP contribution in [0.1, 0.15) is 11.3 Å². The third-order valence-corrected chi connectivity index (χ3v) is 3.09. The molecular weight excluding hydrogens is 190 g/mol. The number of thiophene rings is 1. The Bertz CT molecular complexity index is 295. The molecule has 0 saturated carbocycles. The van der Waals surface area contributed by atoms with Gasteiger partial charge in [-0.1, -0.05) is 17.2 Å². The molecule has 0 amide bonds. The van der Waals surface area contributed by atoms with Crippen LogP contribution in [-0.4, -0.2) is 13.1 Å². The minimum absolute atomic E-state index is 0.868. The van der Waals surface area contributed by atoms with E-state index in [1.54, 1.807) is 11.3 Å². The second-order valence-corrected chi connectivity index (χ2v) is 4.62. The van der Waals surface area contributed by atoms with Gasteiger partial charge in [0.05, 0.1) is 4.34 Å². The van der Waals surface area contributed by atoms with Crippen LogP contribution in [0, 0.1) is 0 Å². The van der Waals surface area contributed by atoms with Gasteiger partial charge in [0, 0.05) is 11.4 Å². The topological polar surface area (TPSA) is 12.0 Å². The Morgan fingerprint density at radius 1 is 1.50 bits per heavy atom. The summed E-state index contributed by atoms with van der Waals surface area (Å²) in [4.78, 5) is 1.26. The van der Waals surface area contributed by atoms with E-state index in [4.69, 9.17) is 11.6 Å². The second kappa shape index (κ2) is 3.60. The Hall–Kier alpha value is -0.310. The summed E-state index contributed by atoms with van der Waals surface area (Å²) in [6.45, 7) is 2.15. The van der Waals surface area contributed by atoms with Crippen LogP contribution in [0.3, 0.4) is 0 Å². The highest BCUT2D eigenvalue weighted by Crippen LogP contribution is 2.24. The molecule has 0 atom stereocenters. The first-order chi connectivity index (χ1) is 5.84. The summed E-state index contributed by atoms with van der Waals surface area (Å²) in [6, 6.07) is 4.01. The molecule has 0 radical (unpaired) electrons. The normalized spacial score (nSPS) is 20.6. The lowest BCUT2D eigenvalue weighted by Gasteiger charge is -1.90. The predicted molar refractivity (Wildman–Crippen MR) is 54.8 cm³/mol. The molecule has 2 heterocycles. The van der Waals surface area contributed by atoms with Crippen molar-refractivity contribution in [3.8, 4) is 0 Å². The van der Waals surface area contributed by atoms with E-state index in [1.807, 2.05) is 6.07 Å². The number of halogens is 1. The minimum Gasteiger partial charge on any atom is -0.313 e. The van der Waals surface area contributed by atoms with Crippen molar-refractivity contribution < 1.29 is 0 Å². The molecule has 1 fully saturated rings. The first-order valence-electron chi connectivity index (χ1n) is 4.00. The van der Waals surface area contributed by atoms with Crippen LogP contribution in [0.15, 0.2) is 17.7 Å². The summed E-state index contributed by atoms with van der Waals surface area (Å²) in [6.07, 6.45) is 3.41. The van der Waals surface area contributed by atoms with Gasteiger partial charge < -0.3 is 5.32 Å². The van der Waals surface area contributed by atoms with Crippen LogP contribution >= 0.6 is 22.9 Å². The van der Waals surface area contributed by atoms with Gasteiger partial charge in [0.25, 0.3) is 0 Å². The maximum Gasteiger partial charge on any atom is 0.0934 e. The van der Waals surface area contributed by atoms with E-state index in [2.05, 4.69) is 17.5 Å². The highest BCUT2D eigenvalue weighted by atomic mass is 35.5. The predicted octanol–water partition coefficient (Wildman–Crippen LogP) is 2.78. The van der Waals surface area contributed by atoms with Crippen molar-refractivity contribution in [2.24, 2.45) is 0 Å². The van der Waals surface area contributed by atoms with Crippen LogP contribution in [0.4, 0.5) is 0 Å². The average molecular weight is 200 g/mol. The Kier molecular flexibility index (Phi) is 2.49. The molecule has 0 aliphatic carbocycles. The Balaban J connectivity index is 2.15. The second-order valence-electron chi connectivity index (χ2n) is 2.87. The number of hydrogen-bond acceptors (Lipinski definition) is 2. The zero-order valence-corrected chi connectivity index (χ0v) is 8.21. The number of hydrogen-bond donors (Lipinski definition) is 1. The Morgan fingerprint density at radius 2 is 2.42 bits per heavy atom. The molecule has 0 bridgehead atoms. The number of rotatable bonds is 1. The molecule has 1 aromatic rings. The van der Waals surface area contributed by atoms with Crippen molar-refractivity contribution in [1.82, 2.24) is 5.32 Å². The Morgan fingerprint density at radius 3 is 3.00 bits per heavy atom. The largest absolute Gasteiger partial charge is 0.313 e. The average Bonchev–Trinajstić information content (AvgIpc) is 2.63. The van der Waals surface area contributed by atoms with Crippen molar-refractivity contribution in [3.05, 3.63) is 26.9 Å². The maximum absolute atomic E-state index is 5.82. The molecule has 1 saturated heterocycles. The first-order valence-corrected chi connectivity index (χ1v) is 5.19.